The summed E-state index contributed by atoms with van der Waals surface area (Å²) in [6.07, 6.45) is 0. The smallest absolute Gasteiger partial charge is 0.125 e. The van der Waals surface area contributed by atoms with Gasteiger partial charge in [0.2, 0.25) is 0 Å². The number of hydrogen-bond acceptors (Lipinski definition) is 3. The minimum Gasteiger partial charge on any atom is -0.507 e. The molecule has 0 atom stereocenters. The number of benzene rings is 5. The van der Waals surface area contributed by atoms with Crippen LogP contribution in [0.2, 0.25) is 0 Å². The molecule has 0 saturated carbocycles. The number of para-hydroxylation sites is 2. The summed E-state index contributed by atoms with van der Waals surface area (Å²) < 4.78 is 2.23. The third kappa shape index (κ3) is 4.15. The Bertz CT molecular complexity index is 1870. The van der Waals surface area contributed by atoms with Gasteiger partial charge in [-0.05, 0) is 65.7 Å². The fourth-order valence-corrected chi connectivity index (χ4v) is 4.92. The van der Waals surface area contributed by atoms with E-state index in [1.807, 2.05) is 66.7 Å². The number of phenols is 1. The molecular weight excluding hydrogens is 468 g/mol. The van der Waals surface area contributed by atoms with Gasteiger partial charge < -0.3 is 15.4 Å². The van der Waals surface area contributed by atoms with Crippen LogP contribution in [0.5, 0.6) is 5.75 Å². The van der Waals surface area contributed by atoms with E-state index >= 15 is 0 Å². The largest absolute Gasteiger partial charge is 0.507 e. The number of fused-ring (bicyclic) bond motifs is 3. The van der Waals surface area contributed by atoms with E-state index in [0.29, 0.717) is 17.9 Å². The van der Waals surface area contributed by atoms with Gasteiger partial charge in [-0.2, -0.15) is 5.26 Å². The van der Waals surface area contributed by atoms with Crippen molar-refractivity contribution in [2.75, 3.05) is 0 Å². The molecule has 0 aliphatic carbocycles. The molecule has 0 aliphatic heterocycles. The standard InChI is InChI=1S/C33H24N4O/c34-20-22-6-5-7-23(18-22)21-36-33(35)24-12-15-26(16-13-24)37-30-10-3-1-9-28(30)29-17-14-25(19-31(29)37)27-8-2-4-11-32(27)38/h1-19,38H,21H2,(H2,35,36). The quantitative estimate of drug-likeness (QED) is 0.202. The fourth-order valence-electron chi connectivity index (χ4n) is 4.92. The summed E-state index contributed by atoms with van der Waals surface area (Å²) in [6.45, 7) is 0.408. The summed E-state index contributed by atoms with van der Waals surface area (Å²) in [5.74, 6) is 0.705. The molecule has 182 valence electrons. The lowest BCUT2D eigenvalue weighted by atomic mass is 10.0. The molecule has 0 unspecified atom stereocenters. The van der Waals surface area contributed by atoms with Gasteiger partial charge in [0.05, 0.1) is 29.2 Å². The zero-order valence-electron chi connectivity index (χ0n) is 20.5. The monoisotopic (exact) mass is 492 g/mol. The molecule has 0 spiro atoms. The van der Waals surface area contributed by atoms with Gasteiger partial charge in [0.15, 0.2) is 0 Å². The molecule has 0 bridgehead atoms. The van der Waals surface area contributed by atoms with Crippen LogP contribution in [0, 0.1) is 11.3 Å². The maximum atomic E-state index is 10.4. The molecule has 0 amide bonds. The van der Waals surface area contributed by atoms with Crippen LogP contribution in [-0.4, -0.2) is 15.5 Å². The van der Waals surface area contributed by atoms with Gasteiger partial charge in [-0.1, -0.05) is 60.7 Å². The van der Waals surface area contributed by atoms with Crippen molar-refractivity contribution in [3.05, 3.63) is 132 Å². The van der Waals surface area contributed by atoms with E-state index in [1.54, 1.807) is 12.1 Å². The number of hydrogen-bond donors (Lipinski definition) is 2. The van der Waals surface area contributed by atoms with Crippen LogP contribution >= 0.6 is 0 Å². The molecule has 3 N–H and O–H groups in total. The van der Waals surface area contributed by atoms with E-state index < -0.39 is 0 Å². The number of amidine groups is 1. The van der Waals surface area contributed by atoms with Gasteiger partial charge >= 0.3 is 0 Å². The predicted molar refractivity (Wildman–Crippen MR) is 153 cm³/mol. The molecule has 5 aromatic carbocycles. The predicted octanol–water partition coefficient (Wildman–Crippen LogP) is 6.93. The topological polar surface area (TPSA) is 87.3 Å². The number of aromatic nitrogens is 1. The van der Waals surface area contributed by atoms with E-state index in [1.165, 1.54) is 0 Å². The molecule has 6 rings (SSSR count). The second kappa shape index (κ2) is 9.61. The molecule has 5 heteroatoms. The van der Waals surface area contributed by atoms with Crippen molar-refractivity contribution in [3.63, 3.8) is 0 Å². The summed E-state index contributed by atoms with van der Waals surface area (Å²) in [6, 6.07) is 39.6. The summed E-state index contributed by atoms with van der Waals surface area (Å²) in [4.78, 5) is 4.54. The zero-order chi connectivity index (χ0) is 26.1. The molecule has 0 radical (unpaired) electrons. The Morgan fingerprint density at radius 1 is 0.789 bits per heavy atom. The fraction of sp³-hybridized carbons (Fsp3) is 0.0303. The van der Waals surface area contributed by atoms with Crippen molar-refractivity contribution in [2.45, 2.75) is 6.54 Å². The molecule has 0 saturated heterocycles. The Morgan fingerprint density at radius 2 is 1.55 bits per heavy atom. The highest BCUT2D eigenvalue weighted by atomic mass is 16.3. The lowest BCUT2D eigenvalue weighted by molar-refractivity contribution is 0.477. The number of phenolic OH excluding ortho intramolecular Hbond substituents is 1. The van der Waals surface area contributed by atoms with E-state index in [9.17, 15) is 5.11 Å². The molecule has 0 fully saturated rings. The first-order valence-electron chi connectivity index (χ1n) is 12.3. The summed E-state index contributed by atoms with van der Waals surface area (Å²) in [5.41, 5.74) is 13.6. The van der Waals surface area contributed by atoms with Gasteiger partial charge in [-0.25, -0.2) is 0 Å². The van der Waals surface area contributed by atoms with Gasteiger partial charge in [-0.15, -0.1) is 0 Å². The van der Waals surface area contributed by atoms with Crippen LogP contribution in [0.3, 0.4) is 0 Å². The maximum Gasteiger partial charge on any atom is 0.125 e. The average molecular weight is 493 g/mol. The third-order valence-electron chi connectivity index (χ3n) is 6.80. The van der Waals surface area contributed by atoms with E-state index in [-0.39, 0.29) is 5.75 Å². The normalized spacial score (nSPS) is 11.6. The molecule has 0 aliphatic rings. The maximum absolute atomic E-state index is 10.4. The van der Waals surface area contributed by atoms with E-state index in [2.05, 4.69) is 52.0 Å². The van der Waals surface area contributed by atoms with Crippen LogP contribution in [-0.2, 0) is 6.54 Å². The Morgan fingerprint density at radius 3 is 2.37 bits per heavy atom. The first-order chi connectivity index (χ1) is 18.6. The van der Waals surface area contributed by atoms with Crippen LogP contribution < -0.4 is 5.73 Å². The highest BCUT2D eigenvalue weighted by Gasteiger charge is 2.14. The minimum atomic E-state index is 0.257. The second-order valence-corrected chi connectivity index (χ2v) is 9.16. The van der Waals surface area contributed by atoms with Crippen LogP contribution in [0.25, 0.3) is 38.6 Å². The molecule has 1 heterocycles. The lowest BCUT2D eigenvalue weighted by Gasteiger charge is -2.11. The Hall–Kier alpha value is -5.34. The number of nitriles is 1. The zero-order valence-corrected chi connectivity index (χ0v) is 20.5. The Kier molecular flexibility index (Phi) is 5.84. The van der Waals surface area contributed by atoms with Crippen LogP contribution in [0.15, 0.2) is 120 Å². The Balaban J connectivity index is 1.40. The number of nitrogens with zero attached hydrogens (tertiary/aromatic N) is 3. The number of rotatable bonds is 5. The SMILES string of the molecule is N#Cc1cccc(CN=C(N)c2ccc(-n3c4ccccc4c4ccc(-c5ccccc5O)cc43)cc2)c1. The molecule has 5 nitrogen and oxygen atoms in total. The highest BCUT2D eigenvalue weighted by molar-refractivity contribution is 6.10. The highest BCUT2D eigenvalue weighted by Crippen LogP contribution is 2.36. The third-order valence-corrected chi connectivity index (χ3v) is 6.80. The molecular formula is C33H24N4O. The van der Waals surface area contributed by atoms with Crippen molar-refractivity contribution in [2.24, 2.45) is 10.7 Å². The number of aromatic hydroxyl groups is 1. The average Bonchev–Trinajstić information content (AvgIpc) is 3.30. The molecule has 6 aromatic rings. The van der Waals surface area contributed by atoms with Crippen LogP contribution in [0.4, 0.5) is 0 Å². The van der Waals surface area contributed by atoms with E-state index in [0.717, 1.165) is 49.7 Å². The molecule has 38 heavy (non-hydrogen) atoms. The first-order valence-corrected chi connectivity index (χ1v) is 12.3. The minimum absolute atomic E-state index is 0.257. The molecule has 1 aromatic heterocycles. The number of aliphatic imine (C=N–C) groups is 1. The van der Waals surface area contributed by atoms with Crippen molar-refractivity contribution >= 4 is 27.6 Å². The second-order valence-electron chi connectivity index (χ2n) is 9.16. The van der Waals surface area contributed by atoms with Gasteiger partial charge in [0.1, 0.15) is 11.6 Å². The van der Waals surface area contributed by atoms with Crippen molar-refractivity contribution < 1.29 is 5.11 Å². The number of nitrogens with two attached hydrogens (primary N) is 1. The lowest BCUT2D eigenvalue weighted by Crippen LogP contribution is -2.13. The summed E-state index contributed by atoms with van der Waals surface area (Å²) in [7, 11) is 0. The summed E-state index contributed by atoms with van der Waals surface area (Å²) >= 11 is 0. The van der Waals surface area contributed by atoms with Gasteiger partial charge in [0.25, 0.3) is 0 Å². The van der Waals surface area contributed by atoms with Crippen molar-refractivity contribution in [1.29, 1.82) is 5.26 Å². The summed E-state index contributed by atoms with van der Waals surface area (Å²) in [5, 5.41) is 21.9. The van der Waals surface area contributed by atoms with Crippen molar-refractivity contribution in [1.82, 2.24) is 4.57 Å². The van der Waals surface area contributed by atoms with E-state index in [4.69, 9.17) is 11.0 Å². The Labute approximate surface area is 220 Å². The van der Waals surface area contributed by atoms with Gasteiger partial charge in [-0.3, -0.25) is 4.99 Å². The first kappa shape index (κ1) is 23.1. The van der Waals surface area contributed by atoms with Crippen LogP contribution in [0.1, 0.15) is 16.7 Å². The van der Waals surface area contributed by atoms with Crippen molar-refractivity contribution in [3.8, 4) is 28.6 Å². The van der Waals surface area contributed by atoms with Gasteiger partial charge in [0, 0.05) is 27.6 Å².